The predicted octanol–water partition coefficient (Wildman–Crippen LogP) is 3.21. The maximum atomic E-state index is 13.2. The van der Waals surface area contributed by atoms with Gasteiger partial charge < -0.3 is 5.73 Å². The van der Waals surface area contributed by atoms with Gasteiger partial charge in [-0.3, -0.25) is 4.98 Å². The van der Waals surface area contributed by atoms with Crippen LogP contribution in [0.2, 0.25) is 0 Å². The number of nitrogens with zero attached hydrogens (tertiary/aromatic N) is 1. The Bertz CT molecular complexity index is 540. The van der Waals surface area contributed by atoms with E-state index in [9.17, 15) is 8.78 Å². The smallest absolute Gasteiger partial charge is 0.126 e. The highest BCUT2D eigenvalue weighted by atomic mass is 79.9. The Morgan fingerprint density at radius 2 is 1.89 bits per heavy atom. The van der Waals surface area contributed by atoms with Crippen LogP contribution in [0.15, 0.2) is 41.0 Å². The third-order valence-electron chi connectivity index (χ3n) is 2.64. The largest absolute Gasteiger partial charge is 0.329 e. The molecule has 2 rings (SSSR count). The highest BCUT2D eigenvalue weighted by molar-refractivity contribution is 9.10. The molecule has 2 aromatic rings. The van der Waals surface area contributed by atoms with Crippen molar-refractivity contribution in [1.29, 1.82) is 0 Å². The van der Waals surface area contributed by atoms with Gasteiger partial charge in [-0.25, -0.2) is 8.78 Å². The van der Waals surface area contributed by atoms with E-state index in [1.165, 1.54) is 12.1 Å². The van der Waals surface area contributed by atoms with E-state index in [0.717, 1.165) is 10.5 Å². The first-order chi connectivity index (χ1) is 8.61. The molecular weight excluding hydrogens is 302 g/mol. The SMILES string of the molecule is NC[C@@H](c1cc(F)cc(F)c1)c1ncccc1Br. The summed E-state index contributed by atoms with van der Waals surface area (Å²) in [6, 6.07) is 6.99. The van der Waals surface area contributed by atoms with E-state index in [1.54, 1.807) is 12.3 Å². The van der Waals surface area contributed by atoms with Crippen molar-refractivity contribution in [2.24, 2.45) is 5.73 Å². The minimum absolute atomic E-state index is 0.221. The predicted molar refractivity (Wildman–Crippen MR) is 69.2 cm³/mol. The maximum Gasteiger partial charge on any atom is 0.126 e. The number of rotatable bonds is 3. The van der Waals surface area contributed by atoms with Crippen LogP contribution in [0, 0.1) is 11.6 Å². The minimum Gasteiger partial charge on any atom is -0.329 e. The summed E-state index contributed by atoms with van der Waals surface area (Å²) in [6.45, 7) is 0.221. The molecule has 18 heavy (non-hydrogen) atoms. The molecule has 5 heteroatoms. The van der Waals surface area contributed by atoms with Crippen molar-refractivity contribution in [2.45, 2.75) is 5.92 Å². The molecule has 0 saturated heterocycles. The maximum absolute atomic E-state index is 13.2. The average molecular weight is 313 g/mol. The molecule has 0 saturated carbocycles. The van der Waals surface area contributed by atoms with Gasteiger partial charge in [-0.05, 0) is 45.8 Å². The second-order valence-electron chi connectivity index (χ2n) is 3.86. The Balaban J connectivity index is 2.48. The Labute approximate surface area is 112 Å². The number of hydrogen-bond acceptors (Lipinski definition) is 2. The van der Waals surface area contributed by atoms with E-state index in [-0.39, 0.29) is 12.5 Å². The van der Waals surface area contributed by atoms with Gasteiger partial charge in [0.2, 0.25) is 0 Å². The van der Waals surface area contributed by atoms with E-state index in [0.29, 0.717) is 11.3 Å². The summed E-state index contributed by atoms with van der Waals surface area (Å²) in [4.78, 5) is 4.21. The van der Waals surface area contributed by atoms with Gasteiger partial charge in [0.25, 0.3) is 0 Å². The first-order valence-electron chi connectivity index (χ1n) is 5.38. The Morgan fingerprint density at radius 3 is 2.44 bits per heavy atom. The van der Waals surface area contributed by atoms with Gasteiger partial charge in [0.15, 0.2) is 0 Å². The van der Waals surface area contributed by atoms with Crippen LogP contribution >= 0.6 is 15.9 Å². The molecule has 0 aliphatic heterocycles. The zero-order chi connectivity index (χ0) is 13.1. The lowest BCUT2D eigenvalue weighted by Gasteiger charge is -2.16. The van der Waals surface area contributed by atoms with Crippen molar-refractivity contribution in [1.82, 2.24) is 4.98 Å². The molecule has 1 aromatic heterocycles. The standard InChI is InChI=1S/C13H11BrF2N2/c14-12-2-1-3-18-13(12)11(7-17)8-4-9(15)6-10(16)5-8/h1-6,11H,7,17H2/t11-/m0/s1. The number of aromatic nitrogens is 1. The first-order valence-corrected chi connectivity index (χ1v) is 6.17. The topological polar surface area (TPSA) is 38.9 Å². The lowest BCUT2D eigenvalue weighted by atomic mass is 9.95. The van der Waals surface area contributed by atoms with Crippen LogP contribution in [0.3, 0.4) is 0 Å². The molecule has 0 bridgehead atoms. The summed E-state index contributed by atoms with van der Waals surface area (Å²) in [6.07, 6.45) is 1.62. The molecule has 0 amide bonds. The molecule has 0 aliphatic rings. The number of hydrogen-bond donors (Lipinski definition) is 1. The average Bonchev–Trinajstić information content (AvgIpc) is 2.31. The van der Waals surface area contributed by atoms with Crippen LogP contribution in [-0.4, -0.2) is 11.5 Å². The highest BCUT2D eigenvalue weighted by Gasteiger charge is 2.18. The number of pyridine rings is 1. The second kappa shape index (κ2) is 5.54. The van der Waals surface area contributed by atoms with Crippen LogP contribution in [0.1, 0.15) is 17.2 Å². The summed E-state index contributed by atoms with van der Waals surface area (Å²) in [5, 5.41) is 0. The fourth-order valence-corrected chi connectivity index (χ4v) is 2.37. The van der Waals surface area contributed by atoms with Crippen molar-refractivity contribution >= 4 is 15.9 Å². The molecule has 1 aromatic carbocycles. The van der Waals surface area contributed by atoms with Gasteiger partial charge in [0, 0.05) is 29.2 Å². The normalized spacial score (nSPS) is 12.4. The lowest BCUT2D eigenvalue weighted by molar-refractivity contribution is 0.576. The summed E-state index contributed by atoms with van der Waals surface area (Å²) in [5.41, 5.74) is 6.85. The van der Waals surface area contributed by atoms with Gasteiger partial charge in [-0.2, -0.15) is 0 Å². The molecule has 2 N–H and O–H groups in total. The molecule has 2 nitrogen and oxygen atoms in total. The summed E-state index contributed by atoms with van der Waals surface area (Å²) >= 11 is 3.37. The summed E-state index contributed by atoms with van der Waals surface area (Å²) in [7, 11) is 0. The number of halogens is 3. The van der Waals surface area contributed by atoms with Gasteiger partial charge in [0.05, 0.1) is 5.69 Å². The molecule has 0 aliphatic carbocycles. The van der Waals surface area contributed by atoms with Gasteiger partial charge in [0.1, 0.15) is 11.6 Å². The van der Waals surface area contributed by atoms with Gasteiger partial charge in [-0.15, -0.1) is 0 Å². The van der Waals surface area contributed by atoms with E-state index >= 15 is 0 Å². The number of benzene rings is 1. The zero-order valence-electron chi connectivity index (χ0n) is 9.41. The number of nitrogens with two attached hydrogens (primary N) is 1. The van der Waals surface area contributed by atoms with Crippen molar-refractivity contribution in [3.63, 3.8) is 0 Å². The minimum atomic E-state index is -0.615. The Morgan fingerprint density at radius 1 is 1.22 bits per heavy atom. The summed E-state index contributed by atoms with van der Waals surface area (Å²) < 4.78 is 27.2. The van der Waals surface area contributed by atoms with E-state index in [1.807, 2.05) is 6.07 Å². The third kappa shape index (κ3) is 2.73. The molecule has 0 fully saturated rings. The van der Waals surface area contributed by atoms with Crippen LogP contribution in [-0.2, 0) is 0 Å². The van der Waals surface area contributed by atoms with Gasteiger partial charge >= 0.3 is 0 Å². The fraction of sp³-hybridized carbons (Fsp3) is 0.154. The molecule has 0 radical (unpaired) electrons. The quantitative estimate of drug-likeness (QED) is 0.945. The lowest BCUT2D eigenvalue weighted by Crippen LogP contribution is -2.16. The molecule has 0 unspecified atom stereocenters. The van der Waals surface area contributed by atoms with Crippen LogP contribution in [0.25, 0.3) is 0 Å². The van der Waals surface area contributed by atoms with Crippen molar-refractivity contribution < 1.29 is 8.78 Å². The van der Waals surface area contributed by atoms with E-state index < -0.39 is 11.6 Å². The van der Waals surface area contributed by atoms with E-state index in [2.05, 4.69) is 20.9 Å². The van der Waals surface area contributed by atoms with Crippen LogP contribution in [0.4, 0.5) is 8.78 Å². The van der Waals surface area contributed by atoms with E-state index in [4.69, 9.17) is 5.73 Å². The monoisotopic (exact) mass is 312 g/mol. The zero-order valence-corrected chi connectivity index (χ0v) is 11.0. The Kier molecular flexibility index (Phi) is 4.04. The fourth-order valence-electron chi connectivity index (χ4n) is 1.84. The second-order valence-corrected chi connectivity index (χ2v) is 4.72. The molecule has 94 valence electrons. The molecule has 1 atom stereocenters. The summed E-state index contributed by atoms with van der Waals surface area (Å²) in [5.74, 6) is -1.57. The molecular formula is C13H11BrF2N2. The van der Waals surface area contributed by atoms with Crippen LogP contribution in [0.5, 0.6) is 0 Å². The van der Waals surface area contributed by atoms with Gasteiger partial charge in [-0.1, -0.05) is 0 Å². The van der Waals surface area contributed by atoms with Crippen molar-refractivity contribution in [2.75, 3.05) is 6.54 Å². The first kappa shape index (κ1) is 13.1. The van der Waals surface area contributed by atoms with Crippen LogP contribution < -0.4 is 5.73 Å². The third-order valence-corrected chi connectivity index (χ3v) is 3.31. The highest BCUT2D eigenvalue weighted by Crippen LogP contribution is 2.28. The van der Waals surface area contributed by atoms with Crippen molar-refractivity contribution in [3.05, 3.63) is 63.9 Å². The van der Waals surface area contributed by atoms with Crippen molar-refractivity contribution in [3.8, 4) is 0 Å². The molecule has 0 spiro atoms. The Hall–Kier alpha value is -1.33. The molecule has 1 heterocycles.